The van der Waals surface area contributed by atoms with Crippen molar-refractivity contribution in [1.29, 1.82) is 0 Å². The number of anilines is 1. The molecule has 0 aliphatic heterocycles. The molecule has 0 radical (unpaired) electrons. The minimum atomic E-state index is -0.229. The van der Waals surface area contributed by atoms with E-state index in [1.165, 1.54) is 0 Å². The Balaban J connectivity index is 2.18. The molecule has 1 unspecified atom stereocenters. The first-order chi connectivity index (χ1) is 9.90. The van der Waals surface area contributed by atoms with Crippen molar-refractivity contribution in [2.75, 3.05) is 12.4 Å². The molecule has 2 N–H and O–H groups in total. The number of nitrogens with zero attached hydrogens (tertiary/aromatic N) is 4. The quantitative estimate of drug-likeness (QED) is 0.887. The summed E-state index contributed by atoms with van der Waals surface area (Å²) in [6.07, 6.45) is 1.91. The average Bonchev–Trinajstić information content (AvgIpc) is 2.76. The highest BCUT2D eigenvalue weighted by Gasteiger charge is 2.17. The van der Waals surface area contributed by atoms with Crippen LogP contribution in [0.1, 0.15) is 40.4 Å². The Morgan fingerprint density at radius 1 is 1.33 bits per heavy atom. The van der Waals surface area contributed by atoms with Crippen molar-refractivity contribution in [3.8, 4) is 0 Å². The van der Waals surface area contributed by atoms with Crippen LogP contribution in [0.4, 0.5) is 5.95 Å². The number of amides is 1. The maximum Gasteiger partial charge on any atom is 0.270 e. The Morgan fingerprint density at radius 2 is 2.05 bits per heavy atom. The van der Waals surface area contributed by atoms with Gasteiger partial charge in [0.2, 0.25) is 5.95 Å². The number of aryl methyl sites for hydroxylation is 3. The van der Waals surface area contributed by atoms with Gasteiger partial charge in [-0.3, -0.25) is 9.48 Å². The lowest BCUT2D eigenvalue weighted by Gasteiger charge is -2.13. The fourth-order valence-electron chi connectivity index (χ4n) is 2.19. The lowest BCUT2D eigenvalue weighted by atomic mass is 10.1. The van der Waals surface area contributed by atoms with Crippen molar-refractivity contribution in [3.63, 3.8) is 0 Å². The van der Waals surface area contributed by atoms with Crippen molar-refractivity contribution in [2.45, 2.75) is 26.8 Å². The number of carbonyl (C=O) groups excluding carboxylic acids is 1. The van der Waals surface area contributed by atoms with E-state index in [2.05, 4.69) is 25.7 Å². The van der Waals surface area contributed by atoms with Crippen LogP contribution in [0.2, 0.25) is 0 Å². The van der Waals surface area contributed by atoms with Gasteiger partial charge in [-0.25, -0.2) is 9.97 Å². The van der Waals surface area contributed by atoms with Crippen LogP contribution in [0, 0.1) is 13.8 Å². The summed E-state index contributed by atoms with van der Waals surface area (Å²) in [5, 5.41) is 10.1. The van der Waals surface area contributed by atoms with E-state index in [4.69, 9.17) is 0 Å². The number of rotatable bonds is 4. The van der Waals surface area contributed by atoms with E-state index in [0.29, 0.717) is 11.6 Å². The van der Waals surface area contributed by atoms with Gasteiger partial charge in [-0.1, -0.05) is 0 Å². The van der Waals surface area contributed by atoms with Gasteiger partial charge >= 0.3 is 0 Å². The monoisotopic (exact) mass is 288 g/mol. The molecule has 0 spiro atoms. The second kappa shape index (κ2) is 5.90. The molecule has 2 heterocycles. The molecule has 0 aliphatic carbocycles. The Labute approximate surface area is 123 Å². The normalized spacial score (nSPS) is 12.0. The third-order valence-corrected chi connectivity index (χ3v) is 3.18. The van der Waals surface area contributed by atoms with Gasteiger partial charge in [-0.15, -0.1) is 0 Å². The largest absolute Gasteiger partial charge is 0.357 e. The first-order valence-electron chi connectivity index (χ1n) is 6.75. The maximum absolute atomic E-state index is 12.3. The second-order valence-corrected chi connectivity index (χ2v) is 5.01. The van der Waals surface area contributed by atoms with Crippen LogP contribution in [0.25, 0.3) is 0 Å². The van der Waals surface area contributed by atoms with E-state index in [9.17, 15) is 4.79 Å². The van der Waals surface area contributed by atoms with Gasteiger partial charge in [0.1, 0.15) is 5.69 Å². The van der Waals surface area contributed by atoms with Crippen LogP contribution < -0.4 is 10.6 Å². The molecule has 21 heavy (non-hydrogen) atoms. The fraction of sp³-hybridized carbons (Fsp3) is 0.429. The van der Waals surface area contributed by atoms with Gasteiger partial charge in [0.15, 0.2) is 0 Å². The highest BCUT2D eigenvalue weighted by Crippen LogP contribution is 2.16. The summed E-state index contributed by atoms with van der Waals surface area (Å²) in [6.45, 7) is 5.68. The molecule has 0 saturated heterocycles. The molecule has 1 atom stereocenters. The first-order valence-corrected chi connectivity index (χ1v) is 6.75. The van der Waals surface area contributed by atoms with E-state index in [0.717, 1.165) is 17.0 Å². The number of hydrogen-bond donors (Lipinski definition) is 2. The van der Waals surface area contributed by atoms with Gasteiger partial charge in [-0.05, 0) is 26.8 Å². The Bertz CT molecular complexity index is 663. The molecule has 0 aromatic carbocycles. The Kier molecular flexibility index (Phi) is 4.21. The molecule has 0 aliphatic rings. The van der Waals surface area contributed by atoms with Gasteiger partial charge in [0.05, 0.1) is 11.7 Å². The summed E-state index contributed by atoms with van der Waals surface area (Å²) >= 11 is 0. The van der Waals surface area contributed by atoms with Crippen molar-refractivity contribution >= 4 is 11.9 Å². The van der Waals surface area contributed by atoms with E-state index in [1.54, 1.807) is 17.8 Å². The van der Waals surface area contributed by atoms with E-state index in [1.807, 2.05) is 34.0 Å². The minimum Gasteiger partial charge on any atom is -0.357 e. The van der Waals surface area contributed by atoms with Crippen LogP contribution in [0.15, 0.2) is 12.3 Å². The highest BCUT2D eigenvalue weighted by atomic mass is 16.1. The number of hydrogen-bond acceptors (Lipinski definition) is 5. The van der Waals surface area contributed by atoms with E-state index in [-0.39, 0.29) is 11.9 Å². The average molecular weight is 288 g/mol. The molecular weight excluding hydrogens is 268 g/mol. The molecule has 0 bridgehead atoms. The minimum absolute atomic E-state index is 0.139. The molecule has 112 valence electrons. The van der Waals surface area contributed by atoms with Crippen molar-refractivity contribution < 1.29 is 4.79 Å². The Hall–Kier alpha value is -2.44. The summed E-state index contributed by atoms with van der Waals surface area (Å²) in [7, 11) is 3.58. The zero-order valence-electron chi connectivity index (χ0n) is 12.9. The fourth-order valence-corrected chi connectivity index (χ4v) is 2.19. The van der Waals surface area contributed by atoms with Crippen LogP contribution in [0.5, 0.6) is 0 Å². The number of nitrogens with one attached hydrogen (secondary N) is 2. The predicted octanol–water partition coefficient (Wildman–Crippen LogP) is 1.36. The van der Waals surface area contributed by atoms with Crippen molar-refractivity contribution in [2.24, 2.45) is 7.05 Å². The lowest BCUT2D eigenvalue weighted by Crippen LogP contribution is -2.28. The third-order valence-electron chi connectivity index (χ3n) is 3.18. The van der Waals surface area contributed by atoms with Crippen molar-refractivity contribution in [3.05, 3.63) is 34.9 Å². The first kappa shape index (κ1) is 15.0. The summed E-state index contributed by atoms with van der Waals surface area (Å²) in [5.41, 5.74) is 2.98. The summed E-state index contributed by atoms with van der Waals surface area (Å²) < 4.78 is 1.74. The Morgan fingerprint density at radius 3 is 2.62 bits per heavy atom. The predicted molar refractivity (Wildman–Crippen MR) is 80.1 cm³/mol. The smallest absolute Gasteiger partial charge is 0.270 e. The van der Waals surface area contributed by atoms with Gasteiger partial charge in [-0.2, -0.15) is 5.10 Å². The van der Waals surface area contributed by atoms with Crippen LogP contribution in [-0.2, 0) is 7.05 Å². The van der Waals surface area contributed by atoms with Crippen LogP contribution >= 0.6 is 0 Å². The molecule has 2 aromatic rings. The van der Waals surface area contributed by atoms with E-state index < -0.39 is 0 Å². The van der Waals surface area contributed by atoms with Gasteiger partial charge in [0.25, 0.3) is 5.91 Å². The number of carbonyl (C=O) groups is 1. The SMILES string of the molecule is CNc1nc(C)cc(C(=O)NC(C)c2cn(C)nc2C)n1. The zero-order chi connectivity index (χ0) is 15.6. The second-order valence-electron chi connectivity index (χ2n) is 5.01. The van der Waals surface area contributed by atoms with Crippen molar-refractivity contribution in [1.82, 2.24) is 25.1 Å². The molecule has 2 rings (SSSR count). The molecule has 0 saturated carbocycles. The summed E-state index contributed by atoms with van der Waals surface area (Å²) in [4.78, 5) is 20.7. The molecule has 7 nitrogen and oxygen atoms in total. The topological polar surface area (TPSA) is 84.7 Å². The van der Waals surface area contributed by atoms with Gasteiger partial charge in [0, 0.05) is 31.5 Å². The summed E-state index contributed by atoms with van der Waals surface area (Å²) in [6, 6.07) is 1.53. The molecule has 1 amide bonds. The number of aromatic nitrogens is 4. The third kappa shape index (κ3) is 3.36. The molecular formula is C14H20N6O. The summed E-state index contributed by atoms with van der Waals surface area (Å²) in [5.74, 6) is 0.207. The molecule has 7 heteroatoms. The van der Waals surface area contributed by atoms with Crippen LogP contribution in [0.3, 0.4) is 0 Å². The van der Waals surface area contributed by atoms with Gasteiger partial charge < -0.3 is 10.6 Å². The molecule has 0 fully saturated rings. The van der Waals surface area contributed by atoms with E-state index >= 15 is 0 Å². The standard InChI is InChI=1S/C14H20N6O/c1-8-6-12(18-14(15-4)16-8)13(21)17-9(2)11-7-20(5)19-10(11)3/h6-7,9H,1-5H3,(H,17,21)(H,15,16,18). The maximum atomic E-state index is 12.3. The zero-order valence-corrected chi connectivity index (χ0v) is 12.9. The lowest BCUT2D eigenvalue weighted by molar-refractivity contribution is 0.0934. The molecule has 2 aromatic heterocycles. The highest BCUT2D eigenvalue weighted by molar-refractivity contribution is 5.92. The van der Waals surface area contributed by atoms with Crippen LogP contribution in [-0.4, -0.2) is 32.7 Å².